The van der Waals surface area contributed by atoms with Gasteiger partial charge in [-0.3, -0.25) is 0 Å². The van der Waals surface area contributed by atoms with Gasteiger partial charge in [0.15, 0.2) is 0 Å². The summed E-state index contributed by atoms with van der Waals surface area (Å²) in [4.78, 5) is 1.95. The van der Waals surface area contributed by atoms with Gasteiger partial charge in [0.05, 0.1) is 5.56 Å². The molecule has 0 bridgehead atoms. The van der Waals surface area contributed by atoms with Gasteiger partial charge in [0.1, 0.15) is 11.6 Å². The summed E-state index contributed by atoms with van der Waals surface area (Å²) in [6, 6.07) is 14.9. The quantitative estimate of drug-likeness (QED) is 0.405. The van der Waals surface area contributed by atoms with E-state index in [0.717, 1.165) is 12.0 Å². The molecule has 1 aromatic heterocycles. The minimum Gasteiger partial charge on any atom is -0.206 e. The van der Waals surface area contributed by atoms with Gasteiger partial charge in [-0.15, -0.1) is 11.3 Å². The third kappa shape index (κ3) is 3.77. The van der Waals surface area contributed by atoms with Crippen molar-refractivity contribution in [3.63, 3.8) is 0 Å². The summed E-state index contributed by atoms with van der Waals surface area (Å²) in [5.74, 6) is 0.0765. The van der Waals surface area contributed by atoms with Crippen LogP contribution in [0.15, 0.2) is 48.5 Å². The van der Waals surface area contributed by atoms with Crippen molar-refractivity contribution in [1.82, 2.24) is 0 Å². The molecule has 0 N–H and O–H groups in total. The van der Waals surface area contributed by atoms with E-state index in [0.29, 0.717) is 22.3 Å². The highest BCUT2D eigenvalue weighted by atomic mass is 32.1. The predicted molar refractivity (Wildman–Crippen MR) is 115 cm³/mol. The second-order valence-electron chi connectivity index (χ2n) is 7.93. The van der Waals surface area contributed by atoms with Crippen LogP contribution in [-0.2, 0) is 0 Å². The molecule has 0 unspecified atom stereocenters. The lowest BCUT2D eigenvalue weighted by molar-refractivity contribution is 0.591. The molecular formula is C25H26F2S. The monoisotopic (exact) mass is 396 g/mol. The second-order valence-corrected chi connectivity index (χ2v) is 9.04. The van der Waals surface area contributed by atoms with Gasteiger partial charge in [-0.05, 0) is 72.1 Å². The first-order chi connectivity index (χ1) is 13.6. The van der Waals surface area contributed by atoms with E-state index in [4.69, 9.17) is 0 Å². The number of halogens is 2. The van der Waals surface area contributed by atoms with Crippen LogP contribution in [0.25, 0.3) is 21.6 Å². The van der Waals surface area contributed by atoms with Gasteiger partial charge < -0.3 is 0 Å². The normalized spacial score (nSPS) is 15.9. The molecule has 28 heavy (non-hydrogen) atoms. The molecule has 3 heteroatoms. The Bertz CT molecular complexity index is 926. The first kappa shape index (κ1) is 19.3. The Morgan fingerprint density at radius 2 is 1.57 bits per heavy atom. The number of hydrogen-bond donors (Lipinski definition) is 0. The Morgan fingerprint density at radius 1 is 0.929 bits per heavy atom. The van der Waals surface area contributed by atoms with E-state index >= 15 is 0 Å². The smallest absolute Gasteiger partial charge is 0.135 e. The van der Waals surface area contributed by atoms with Crippen LogP contribution in [0.5, 0.6) is 0 Å². The van der Waals surface area contributed by atoms with E-state index in [2.05, 4.69) is 32.0 Å². The topological polar surface area (TPSA) is 0 Å². The molecule has 1 fully saturated rings. The molecule has 146 valence electrons. The highest BCUT2D eigenvalue weighted by molar-refractivity contribution is 7.15. The Kier molecular flexibility index (Phi) is 5.63. The molecule has 1 aliphatic rings. The Hall–Kier alpha value is -2.00. The average molecular weight is 397 g/mol. The zero-order chi connectivity index (χ0) is 19.7. The SMILES string of the molecule is CC[C@H](C)c1ccc(-c2cc(F)c(-c3ccc(C4CCCC4)s3)c(F)c2)cc1. The van der Waals surface area contributed by atoms with Crippen molar-refractivity contribution in [2.45, 2.75) is 57.8 Å². The predicted octanol–water partition coefficient (Wildman–Crippen LogP) is 8.53. The number of benzene rings is 2. The van der Waals surface area contributed by atoms with Gasteiger partial charge >= 0.3 is 0 Å². The molecule has 1 heterocycles. The van der Waals surface area contributed by atoms with Crippen LogP contribution in [0, 0.1) is 11.6 Å². The van der Waals surface area contributed by atoms with Gasteiger partial charge in [-0.25, -0.2) is 8.78 Å². The summed E-state index contributed by atoms with van der Waals surface area (Å²) in [6.07, 6.45) is 5.96. The van der Waals surface area contributed by atoms with E-state index in [1.54, 1.807) is 11.3 Å². The number of thiophene rings is 1. The van der Waals surface area contributed by atoms with Gasteiger partial charge in [-0.1, -0.05) is 51.0 Å². The first-order valence-corrected chi connectivity index (χ1v) is 11.1. The lowest BCUT2D eigenvalue weighted by atomic mass is 9.95. The molecule has 1 atom stereocenters. The fraction of sp³-hybridized carbons (Fsp3) is 0.360. The van der Waals surface area contributed by atoms with Crippen molar-refractivity contribution < 1.29 is 8.78 Å². The fourth-order valence-electron chi connectivity index (χ4n) is 4.13. The molecule has 1 aliphatic carbocycles. The van der Waals surface area contributed by atoms with E-state index in [1.165, 1.54) is 48.3 Å². The molecule has 2 aromatic carbocycles. The minimum atomic E-state index is -0.485. The lowest BCUT2D eigenvalue weighted by Gasteiger charge is -2.11. The Labute approximate surface area is 170 Å². The molecule has 0 spiro atoms. The molecule has 0 saturated heterocycles. The van der Waals surface area contributed by atoms with Crippen LogP contribution in [0.2, 0.25) is 0 Å². The van der Waals surface area contributed by atoms with Crippen molar-refractivity contribution in [3.8, 4) is 21.6 Å². The zero-order valence-electron chi connectivity index (χ0n) is 16.5. The van der Waals surface area contributed by atoms with Gasteiger partial charge in [0.25, 0.3) is 0 Å². The molecule has 0 aliphatic heterocycles. The molecule has 0 nitrogen and oxygen atoms in total. The second kappa shape index (κ2) is 8.16. The largest absolute Gasteiger partial charge is 0.206 e. The standard InChI is InChI=1S/C25H26F2S/c1-3-16(2)17-8-10-18(11-9-17)20-14-21(26)25(22(27)15-20)24-13-12-23(28-24)19-6-4-5-7-19/h8-16,19H,3-7H2,1-2H3/t16-/m0/s1. The summed E-state index contributed by atoms with van der Waals surface area (Å²) >= 11 is 1.54. The fourth-order valence-corrected chi connectivity index (χ4v) is 5.36. The Balaban J connectivity index is 1.63. The van der Waals surface area contributed by atoms with Crippen LogP contribution < -0.4 is 0 Å². The van der Waals surface area contributed by atoms with Crippen LogP contribution in [0.3, 0.4) is 0 Å². The van der Waals surface area contributed by atoms with Crippen LogP contribution in [0.4, 0.5) is 8.78 Å². The van der Waals surface area contributed by atoms with E-state index < -0.39 is 11.6 Å². The van der Waals surface area contributed by atoms with Crippen LogP contribution >= 0.6 is 11.3 Å². The van der Waals surface area contributed by atoms with Crippen molar-refractivity contribution in [3.05, 3.63) is 70.6 Å². The number of hydrogen-bond acceptors (Lipinski definition) is 1. The summed E-state index contributed by atoms with van der Waals surface area (Å²) in [5.41, 5.74) is 2.78. The van der Waals surface area contributed by atoms with Crippen LogP contribution in [-0.4, -0.2) is 0 Å². The molecule has 0 radical (unpaired) electrons. The molecule has 1 saturated carbocycles. The maximum Gasteiger partial charge on any atom is 0.135 e. The van der Waals surface area contributed by atoms with E-state index in [-0.39, 0.29) is 5.56 Å². The molecule has 0 amide bonds. The van der Waals surface area contributed by atoms with Crippen LogP contribution in [0.1, 0.15) is 68.2 Å². The maximum atomic E-state index is 14.9. The van der Waals surface area contributed by atoms with Crippen molar-refractivity contribution in [2.75, 3.05) is 0 Å². The summed E-state index contributed by atoms with van der Waals surface area (Å²) < 4.78 is 29.8. The summed E-state index contributed by atoms with van der Waals surface area (Å²) in [7, 11) is 0. The third-order valence-electron chi connectivity index (χ3n) is 6.10. The highest BCUT2D eigenvalue weighted by Gasteiger charge is 2.21. The van der Waals surface area contributed by atoms with Crippen molar-refractivity contribution >= 4 is 11.3 Å². The van der Waals surface area contributed by atoms with Gasteiger partial charge in [-0.2, -0.15) is 0 Å². The van der Waals surface area contributed by atoms with Gasteiger partial charge in [0, 0.05) is 9.75 Å². The van der Waals surface area contributed by atoms with E-state index in [9.17, 15) is 8.78 Å². The first-order valence-electron chi connectivity index (χ1n) is 10.3. The van der Waals surface area contributed by atoms with Crippen molar-refractivity contribution in [2.24, 2.45) is 0 Å². The Morgan fingerprint density at radius 3 is 2.18 bits per heavy atom. The lowest BCUT2D eigenvalue weighted by Crippen LogP contribution is -1.93. The third-order valence-corrected chi connectivity index (χ3v) is 7.36. The molecular weight excluding hydrogens is 370 g/mol. The van der Waals surface area contributed by atoms with E-state index in [1.807, 2.05) is 18.2 Å². The molecule has 4 rings (SSSR count). The average Bonchev–Trinajstić information content (AvgIpc) is 3.39. The zero-order valence-corrected chi connectivity index (χ0v) is 17.3. The van der Waals surface area contributed by atoms with Gasteiger partial charge in [0.2, 0.25) is 0 Å². The maximum absolute atomic E-state index is 14.9. The van der Waals surface area contributed by atoms with Crippen molar-refractivity contribution in [1.29, 1.82) is 0 Å². The summed E-state index contributed by atoms with van der Waals surface area (Å²) in [6.45, 7) is 4.34. The highest BCUT2D eigenvalue weighted by Crippen LogP contribution is 2.42. The minimum absolute atomic E-state index is 0.106. The number of rotatable bonds is 5. The summed E-state index contributed by atoms with van der Waals surface area (Å²) in [5, 5.41) is 0. The molecule has 3 aromatic rings.